The van der Waals surface area contributed by atoms with Crippen LogP contribution in [0.15, 0.2) is 72.1 Å². The molecule has 3 heterocycles. The molecule has 3 atom stereocenters. The van der Waals surface area contributed by atoms with Gasteiger partial charge in [0.2, 0.25) is 11.8 Å². The lowest BCUT2D eigenvalue weighted by Gasteiger charge is -2.53. The van der Waals surface area contributed by atoms with E-state index in [1.165, 1.54) is 18.4 Å². The van der Waals surface area contributed by atoms with Gasteiger partial charge in [-0.3, -0.25) is 14.4 Å². The van der Waals surface area contributed by atoms with Crippen LogP contribution in [0.25, 0.3) is 11.3 Å². The van der Waals surface area contributed by atoms with Gasteiger partial charge >= 0.3 is 0 Å². The van der Waals surface area contributed by atoms with E-state index in [9.17, 15) is 14.4 Å². The van der Waals surface area contributed by atoms with E-state index >= 15 is 0 Å². The van der Waals surface area contributed by atoms with Crippen molar-refractivity contribution in [3.8, 4) is 17.0 Å². The Kier molecular flexibility index (Phi) is 6.79. The molecule has 8 nitrogen and oxygen atoms in total. The average molecular weight is 587 g/mol. The van der Waals surface area contributed by atoms with Crippen molar-refractivity contribution in [1.29, 1.82) is 0 Å². The zero-order valence-electron chi connectivity index (χ0n) is 22.6. The lowest BCUT2D eigenvalue weighted by molar-refractivity contribution is -0.151. The molecule has 2 N–H and O–H groups in total. The number of halogens is 1. The topological polar surface area (TPSA) is 101 Å². The SMILES string of the molecule is COc1ccc(NC(=O)c2cccc(-c3csc(NC(=O)C4(C)CC5C(=O)N(C)C4c4ccccc45)n3)c2)cc1Cl. The van der Waals surface area contributed by atoms with E-state index in [4.69, 9.17) is 16.3 Å². The van der Waals surface area contributed by atoms with Crippen molar-refractivity contribution in [1.82, 2.24) is 9.88 Å². The largest absolute Gasteiger partial charge is 0.495 e. The summed E-state index contributed by atoms with van der Waals surface area (Å²) in [5.41, 5.74) is 3.60. The molecule has 10 heteroatoms. The van der Waals surface area contributed by atoms with Crippen LogP contribution in [-0.4, -0.2) is 41.8 Å². The molecule has 0 saturated carbocycles. The van der Waals surface area contributed by atoms with Gasteiger partial charge in [0, 0.05) is 29.2 Å². The van der Waals surface area contributed by atoms with Crippen LogP contribution < -0.4 is 15.4 Å². The number of likely N-dealkylation sites (N-methyl/N-ethyl adjacent to an activating group) is 1. The summed E-state index contributed by atoms with van der Waals surface area (Å²) in [5, 5.41) is 8.55. The number of fused-ring (bicyclic) bond motifs is 2. The van der Waals surface area contributed by atoms with E-state index in [0.29, 0.717) is 39.3 Å². The van der Waals surface area contributed by atoms with Crippen LogP contribution >= 0.6 is 22.9 Å². The number of piperidine rings is 1. The van der Waals surface area contributed by atoms with Gasteiger partial charge in [0.1, 0.15) is 5.75 Å². The summed E-state index contributed by atoms with van der Waals surface area (Å²) in [6, 6.07) is 19.7. The minimum absolute atomic E-state index is 0.0505. The predicted octanol–water partition coefficient (Wildman–Crippen LogP) is 6.37. The van der Waals surface area contributed by atoms with Crippen molar-refractivity contribution < 1.29 is 19.1 Å². The van der Waals surface area contributed by atoms with Crippen molar-refractivity contribution >= 4 is 51.5 Å². The van der Waals surface area contributed by atoms with E-state index < -0.39 is 5.41 Å². The zero-order valence-corrected chi connectivity index (χ0v) is 24.2. The van der Waals surface area contributed by atoms with Gasteiger partial charge in [0.15, 0.2) is 5.13 Å². The summed E-state index contributed by atoms with van der Waals surface area (Å²) in [6.45, 7) is 1.92. The Balaban J connectivity index is 1.19. The molecule has 3 aliphatic rings. The number of hydrogen-bond acceptors (Lipinski definition) is 6. The first-order valence-electron chi connectivity index (χ1n) is 13.1. The Morgan fingerprint density at radius 2 is 1.85 bits per heavy atom. The highest BCUT2D eigenvalue weighted by Crippen LogP contribution is 2.56. The molecule has 1 saturated heterocycles. The second-order valence-corrected chi connectivity index (χ2v) is 11.8. The minimum Gasteiger partial charge on any atom is -0.495 e. The highest BCUT2D eigenvalue weighted by atomic mass is 35.5. The van der Waals surface area contributed by atoms with Gasteiger partial charge in [-0.2, -0.15) is 0 Å². The summed E-state index contributed by atoms with van der Waals surface area (Å²) in [4.78, 5) is 45.9. The van der Waals surface area contributed by atoms with E-state index in [1.807, 2.05) is 42.6 Å². The van der Waals surface area contributed by atoms with Gasteiger partial charge in [-0.15, -0.1) is 11.3 Å². The first kappa shape index (κ1) is 27.0. The van der Waals surface area contributed by atoms with Gasteiger partial charge in [-0.25, -0.2) is 4.98 Å². The number of methoxy groups -OCH3 is 1. The maximum absolute atomic E-state index is 13.7. The van der Waals surface area contributed by atoms with Crippen LogP contribution in [0.2, 0.25) is 5.02 Å². The lowest BCUT2D eigenvalue weighted by Crippen LogP contribution is -2.57. The molecule has 1 aromatic heterocycles. The number of amides is 3. The Morgan fingerprint density at radius 3 is 2.61 bits per heavy atom. The minimum atomic E-state index is -0.810. The summed E-state index contributed by atoms with van der Waals surface area (Å²) in [7, 11) is 3.30. The number of hydrogen-bond donors (Lipinski definition) is 2. The molecule has 208 valence electrons. The van der Waals surface area contributed by atoms with Gasteiger partial charge in [0.25, 0.3) is 5.91 Å². The number of ether oxygens (including phenoxy) is 1. The van der Waals surface area contributed by atoms with Crippen molar-refractivity contribution in [2.24, 2.45) is 5.41 Å². The maximum Gasteiger partial charge on any atom is 0.255 e. The molecule has 4 aromatic rings. The number of anilines is 2. The van der Waals surface area contributed by atoms with Crippen LogP contribution in [0.1, 0.15) is 46.8 Å². The van der Waals surface area contributed by atoms with Crippen molar-refractivity contribution in [2.75, 3.05) is 24.8 Å². The molecule has 1 fully saturated rings. The lowest BCUT2D eigenvalue weighted by atomic mass is 9.60. The summed E-state index contributed by atoms with van der Waals surface area (Å²) >= 11 is 7.50. The Morgan fingerprint density at radius 1 is 1.07 bits per heavy atom. The molecular weight excluding hydrogens is 560 g/mol. The van der Waals surface area contributed by atoms with Gasteiger partial charge < -0.3 is 20.3 Å². The highest BCUT2D eigenvalue weighted by Gasteiger charge is 2.57. The normalized spacial score (nSPS) is 20.9. The van der Waals surface area contributed by atoms with Gasteiger partial charge in [-0.05, 0) is 54.8 Å². The molecule has 3 unspecified atom stereocenters. The smallest absolute Gasteiger partial charge is 0.255 e. The Hall–Kier alpha value is -4.21. The van der Waals surface area contributed by atoms with Crippen molar-refractivity contribution in [3.63, 3.8) is 0 Å². The van der Waals surface area contributed by atoms with E-state index in [1.54, 1.807) is 48.3 Å². The Labute approximate surface area is 246 Å². The number of nitrogens with zero attached hydrogens (tertiary/aromatic N) is 2. The maximum atomic E-state index is 13.7. The predicted molar refractivity (Wildman–Crippen MR) is 160 cm³/mol. The molecular formula is C31H27ClN4O4S. The molecule has 3 aromatic carbocycles. The molecule has 7 rings (SSSR count). The Bertz CT molecular complexity index is 1700. The molecule has 3 amide bonds. The first-order chi connectivity index (χ1) is 19.7. The fourth-order valence-corrected chi connectivity index (χ4v) is 6.96. The first-order valence-corrected chi connectivity index (χ1v) is 14.3. The van der Waals surface area contributed by atoms with E-state index in [2.05, 4.69) is 15.6 Å². The number of aromatic nitrogens is 1. The molecule has 1 aliphatic carbocycles. The number of carbonyl (C=O) groups excluding carboxylic acids is 3. The molecule has 0 radical (unpaired) electrons. The van der Waals surface area contributed by atoms with Gasteiger partial charge in [-0.1, -0.05) is 48.0 Å². The standard InChI is InChI=1S/C31H27ClN4O4S/c1-31(15-22-20-9-4-5-10-21(20)26(31)36(2)28(22)38)29(39)35-30-34-24(16-41-30)17-7-6-8-18(13-17)27(37)33-19-11-12-25(40-3)23(32)14-19/h4-14,16,22,26H,15H2,1-3H3,(H,33,37)(H,34,35,39). The number of nitrogens with one attached hydrogen (secondary N) is 2. The second kappa shape index (κ2) is 10.3. The third-order valence-electron chi connectivity index (χ3n) is 8.00. The quantitative estimate of drug-likeness (QED) is 0.273. The third kappa shape index (κ3) is 4.65. The monoisotopic (exact) mass is 586 g/mol. The average Bonchev–Trinajstić information content (AvgIpc) is 3.44. The second-order valence-electron chi connectivity index (χ2n) is 10.5. The summed E-state index contributed by atoms with van der Waals surface area (Å²) < 4.78 is 5.16. The molecule has 41 heavy (non-hydrogen) atoms. The van der Waals surface area contributed by atoms with E-state index in [-0.39, 0.29) is 29.7 Å². The van der Waals surface area contributed by atoms with Crippen LogP contribution in [0, 0.1) is 5.41 Å². The number of benzene rings is 3. The van der Waals surface area contributed by atoms with Gasteiger partial charge in [0.05, 0.1) is 35.2 Å². The summed E-state index contributed by atoms with van der Waals surface area (Å²) in [6.07, 6.45) is 0.443. The summed E-state index contributed by atoms with van der Waals surface area (Å²) in [5.74, 6) is -0.237. The number of carbonyl (C=O) groups is 3. The number of thiazole rings is 1. The van der Waals surface area contributed by atoms with E-state index in [0.717, 1.165) is 16.7 Å². The molecule has 2 bridgehead atoms. The zero-order chi connectivity index (χ0) is 28.9. The van der Waals surface area contributed by atoms with Crippen LogP contribution in [0.3, 0.4) is 0 Å². The van der Waals surface area contributed by atoms with Crippen molar-refractivity contribution in [2.45, 2.75) is 25.3 Å². The van der Waals surface area contributed by atoms with Crippen LogP contribution in [0.4, 0.5) is 10.8 Å². The fraction of sp³-hybridized carbons (Fsp3) is 0.226. The third-order valence-corrected chi connectivity index (χ3v) is 9.06. The molecule has 0 spiro atoms. The van der Waals surface area contributed by atoms with Crippen LogP contribution in [-0.2, 0) is 9.59 Å². The highest BCUT2D eigenvalue weighted by molar-refractivity contribution is 7.14. The fourth-order valence-electron chi connectivity index (χ4n) is 5.98. The van der Waals surface area contributed by atoms with Crippen molar-refractivity contribution in [3.05, 3.63) is 93.8 Å². The van der Waals surface area contributed by atoms with Crippen LogP contribution in [0.5, 0.6) is 5.75 Å². The number of rotatable bonds is 6. The molecule has 2 aliphatic heterocycles.